The van der Waals surface area contributed by atoms with Gasteiger partial charge in [0.05, 0.1) is 11.8 Å². The van der Waals surface area contributed by atoms with Gasteiger partial charge < -0.3 is 5.11 Å². The van der Waals surface area contributed by atoms with Crippen LogP contribution >= 0.6 is 0 Å². The van der Waals surface area contributed by atoms with Crippen molar-refractivity contribution < 1.29 is 18.3 Å². The first kappa shape index (κ1) is 9.79. The highest BCUT2D eigenvalue weighted by atomic mass is 32.2. The van der Waals surface area contributed by atoms with Crippen molar-refractivity contribution in [2.75, 3.05) is 6.26 Å². The molecule has 0 unspecified atom stereocenters. The van der Waals surface area contributed by atoms with E-state index in [0.717, 1.165) is 16.4 Å². The summed E-state index contributed by atoms with van der Waals surface area (Å²) in [5.41, 5.74) is 0.434. The first-order chi connectivity index (χ1) is 5.82. The summed E-state index contributed by atoms with van der Waals surface area (Å²) in [6.45, 7) is 1.55. The smallest absolute Gasteiger partial charge is 0.337 e. The molecule has 5 nitrogen and oxygen atoms in total. The molecule has 0 aromatic carbocycles. The van der Waals surface area contributed by atoms with Crippen LogP contribution in [-0.2, 0) is 10.0 Å². The third-order valence-electron chi connectivity index (χ3n) is 1.62. The minimum Gasteiger partial charge on any atom is -0.478 e. The van der Waals surface area contributed by atoms with Crippen LogP contribution in [-0.4, -0.2) is 29.7 Å². The Bertz CT molecular complexity index is 443. The number of carbonyl (C=O) groups is 1. The summed E-state index contributed by atoms with van der Waals surface area (Å²) in [5, 5.41) is 8.64. The van der Waals surface area contributed by atoms with Crippen LogP contribution in [0.4, 0.5) is 0 Å². The molecule has 6 heteroatoms. The maximum atomic E-state index is 11.0. The lowest BCUT2D eigenvalue weighted by molar-refractivity contribution is 0.0696. The molecule has 0 fully saturated rings. The zero-order chi connectivity index (χ0) is 10.2. The van der Waals surface area contributed by atoms with Gasteiger partial charge in [-0.15, -0.1) is 0 Å². The van der Waals surface area contributed by atoms with Crippen molar-refractivity contribution >= 4 is 16.0 Å². The highest BCUT2D eigenvalue weighted by molar-refractivity contribution is 7.89. The van der Waals surface area contributed by atoms with Crippen molar-refractivity contribution in [2.24, 2.45) is 0 Å². The van der Waals surface area contributed by atoms with E-state index in [4.69, 9.17) is 5.11 Å². The molecule has 1 aromatic rings. The van der Waals surface area contributed by atoms with E-state index in [0.29, 0.717) is 5.56 Å². The second-order valence-corrected chi connectivity index (χ2v) is 4.64. The molecule has 0 aliphatic carbocycles. The average Bonchev–Trinajstić information content (AvgIpc) is 2.29. The van der Waals surface area contributed by atoms with Gasteiger partial charge in [-0.05, 0) is 12.5 Å². The number of hydrogen-bond acceptors (Lipinski definition) is 3. The van der Waals surface area contributed by atoms with E-state index >= 15 is 0 Å². The molecule has 0 aliphatic rings. The van der Waals surface area contributed by atoms with Crippen LogP contribution in [0.25, 0.3) is 0 Å². The van der Waals surface area contributed by atoms with Gasteiger partial charge in [0.2, 0.25) is 10.0 Å². The second kappa shape index (κ2) is 2.88. The predicted octanol–water partition coefficient (Wildman–Crippen LogP) is 0.302. The summed E-state index contributed by atoms with van der Waals surface area (Å²) >= 11 is 0. The van der Waals surface area contributed by atoms with Gasteiger partial charge in [0.25, 0.3) is 0 Å². The standard InChI is InChI=1S/C7H9NO4S/c1-5-3-8(13(2,11)12)4-6(5)7(9)10/h3-4H,1-2H3,(H,9,10). The summed E-state index contributed by atoms with van der Waals surface area (Å²) in [6, 6.07) is 0. The van der Waals surface area contributed by atoms with E-state index in [1.807, 2.05) is 0 Å². The van der Waals surface area contributed by atoms with Crippen LogP contribution in [0.2, 0.25) is 0 Å². The molecule has 0 saturated heterocycles. The van der Waals surface area contributed by atoms with Crippen molar-refractivity contribution in [3.8, 4) is 0 Å². The molecule has 72 valence electrons. The van der Waals surface area contributed by atoms with E-state index in [2.05, 4.69) is 0 Å². The number of hydrogen-bond donors (Lipinski definition) is 1. The van der Waals surface area contributed by atoms with Crippen molar-refractivity contribution in [2.45, 2.75) is 6.92 Å². The fourth-order valence-electron chi connectivity index (χ4n) is 0.942. The highest BCUT2D eigenvalue weighted by Gasteiger charge is 2.13. The first-order valence-electron chi connectivity index (χ1n) is 3.45. The lowest BCUT2D eigenvalue weighted by atomic mass is 10.2. The largest absolute Gasteiger partial charge is 0.478 e. The Morgan fingerprint density at radius 2 is 2.00 bits per heavy atom. The van der Waals surface area contributed by atoms with Crippen LogP contribution in [0.5, 0.6) is 0 Å². The maximum absolute atomic E-state index is 11.0. The molecule has 0 atom stereocenters. The molecule has 0 aliphatic heterocycles. The van der Waals surface area contributed by atoms with Crippen molar-refractivity contribution in [1.82, 2.24) is 3.97 Å². The number of aromatic nitrogens is 1. The first-order valence-corrected chi connectivity index (χ1v) is 5.29. The van der Waals surface area contributed by atoms with Gasteiger partial charge in [0, 0.05) is 12.4 Å². The number of carboxylic acid groups (broad SMARTS) is 1. The number of carboxylic acids is 1. The van der Waals surface area contributed by atoms with E-state index in [1.54, 1.807) is 6.92 Å². The lowest BCUT2D eigenvalue weighted by Crippen LogP contribution is -2.07. The van der Waals surface area contributed by atoms with E-state index in [9.17, 15) is 13.2 Å². The molecule has 13 heavy (non-hydrogen) atoms. The van der Waals surface area contributed by atoms with Crippen molar-refractivity contribution in [3.63, 3.8) is 0 Å². The fraction of sp³-hybridized carbons (Fsp3) is 0.286. The van der Waals surface area contributed by atoms with Crippen molar-refractivity contribution in [1.29, 1.82) is 0 Å². The van der Waals surface area contributed by atoms with Gasteiger partial charge in [0.15, 0.2) is 0 Å². The molecule has 0 spiro atoms. The minimum atomic E-state index is -3.38. The van der Waals surface area contributed by atoms with Gasteiger partial charge in [-0.3, -0.25) is 3.97 Å². The topological polar surface area (TPSA) is 76.4 Å². The van der Waals surface area contributed by atoms with E-state index in [1.165, 1.54) is 6.20 Å². The molecule has 0 saturated carbocycles. The summed E-state index contributed by atoms with van der Waals surface area (Å²) in [4.78, 5) is 10.6. The third kappa shape index (κ3) is 1.89. The van der Waals surface area contributed by atoms with Gasteiger partial charge in [0.1, 0.15) is 0 Å². The Hall–Kier alpha value is -1.30. The Balaban J connectivity index is 3.33. The second-order valence-electron chi connectivity index (χ2n) is 2.75. The predicted molar refractivity (Wildman–Crippen MR) is 46.4 cm³/mol. The summed E-state index contributed by atoms with van der Waals surface area (Å²) in [6.07, 6.45) is 3.38. The molecule has 1 N–H and O–H groups in total. The maximum Gasteiger partial charge on any atom is 0.337 e. The van der Waals surface area contributed by atoms with Gasteiger partial charge in [-0.2, -0.15) is 0 Å². The molecule has 1 aromatic heterocycles. The van der Waals surface area contributed by atoms with Crippen LogP contribution in [0.3, 0.4) is 0 Å². The summed E-state index contributed by atoms with van der Waals surface area (Å²) in [7, 11) is -3.38. The number of aryl methyl sites for hydroxylation is 1. The molecule has 0 bridgehead atoms. The molecule has 1 heterocycles. The Labute approximate surface area is 75.7 Å². The zero-order valence-electron chi connectivity index (χ0n) is 7.18. The number of aromatic carboxylic acids is 1. The Kier molecular flexibility index (Phi) is 2.17. The molecular formula is C7H9NO4S. The van der Waals surface area contributed by atoms with Crippen LogP contribution in [0, 0.1) is 6.92 Å². The Morgan fingerprint density at radius 1 is 1.46 bits per heavy atom. The van der Waals surface area contributed by atoms with Gasteiger partial charge >= 0.3 is 5.97 Å². The van der Waals surface area contributed by atoms with Crippen molar-refractivity contribution in [3.05, 3.63) is 23.5 Å². The average molecular weight is 203 g/mol. The quantitative estimate of drug-likeness (QED) is 0.750. The third-order valence-corrected chi connectivity index (χ3v) is 2.59. The fourth-order valence-corrected chi connectivity index (χ4v) is 1.59. The SMILES string of the molecule is Cc1cn(S(C)(=O)=O)cc1C(=O)O. The van der Waals surface area contributed by atoms with Crippen LogP contribution < -0.4 is 0 Å². The highest BCUT2D eigenvalue weighted by Crippen LogP contribution is 2.10. The van der Waals surface area contributed by atoms with Gasteiger partial charge in [-0.25, -0.2) is 13.2 Å². The van der Waals surface area contributed by atoms with Crippen LogP contribution in [0.1, 0.15) is 15.9 Å². The summed E-state index contributed by atoms with van der Waals surface area (Å²) in [5.74, 6) is -1.13. The molecular weight excluding hydrogens is 194 g/mol. The number of rotatable bonds is 2. The van der Waals surface area contributed by atoms with Gasteiger partial charge in [-0.1, -0.05) is 0 Å². The molecule has 0 radical (unpaired) electrons. The zero-order valence-corrected chi connectivity index (χ0v) is 8.00. The molecule has 1 rings (SSSR count). The molecule has 0 amide bonds. The normalized spacial score (nSPS) is 11.5. The number of nitrogens with zero attached hydrogens (tertiary/aromatic N) is 1. The monoisotopic (exact) mass is 203 g/mol. The van der Waals surface area contributed by atoms with E-state index in [-0.39, 0.29) is 5.56 Å². The van der Waals surface area contributed by atoms with E-state index < -0.39 is 16.0 Å². The van der Waals surface area contributed by atoms with Crippen LogP contribution in [0.15, 0.2) is 12.4 Å². The minimum absolute atomic E-state index is 0.00502. The lowest BCUT2D eigenvalue weighted by Gasteiger charge is -1.95. The summed E-state index contributed by atoms with van der Waals surface area (Å²) < 4.78 is 22.9. The Morgan fingerprint density at radius 3 is 2.23 bits per heavy atom.